The number of benzene rings is 2. The van der Waals surface area contributed by atoms with E-state index < -0.39 is 0 Å². The molecule has 1 aliphatic heterocycles. The van der Waals surface area contributed by atoms with E-state index >= 15 is 0 Å². The van der Waals surface area contributed by atoms with Gasteiger partial charge in [0.1, 0.15) is 17.8 Å². The van der Waals surface area contributed by atoms with Crippen molar-refractivity contribution in [2.75, 3.05) is 6.54 Å². The molecule has 2 amide bonds. The van der Waals surface area contributed by atoms with Crippen molar-refractivity contribution in [3.8, 4) is 5.75 Å². The molecular weight excluding hydrogens is 449 g/mol. The van der Waals surface area contributed by atoms with Crippen molar-refractivity contribution >= 4 is 11.8 Å². The Morgan fingerprint density at radius 2 is 2.00 bits per heavy atom. The number of halogens is 1. The third-order valence-electron chi connectivity index (χ3n) is 6.78. The van der Waals surface area contributed by atoms with Crippen LogP contribution in [0.25, 0.3) is 0 Å². The van der Waals surface area contributed by atoms with Crippen molar-refractivity contribution in [3.63, 3.8) is 0 Å². The van der Waals surface area contributed by atoms with Crippen LogP contribution in [-0.4, -0.2) is 34.3 Å². The molecule has 1 atom stereocenters. The molecule has 1 aromatic heterocycles. The van der Waals surface area contributed by atoms with E-state index in [1.807, 2.05) is 29.2 Å². The molecular formula is C27H26FN3O4. The highest BCUT2D eigenvalue weighted by molar-refractivity contribution is 5.92. The fourth-order valence-electron chi connectivity index (χ4n) is 4.63. The number of aromatic nitrogens is 1. The zero-order chi connectivity index (χ0) is 23.9. The minimum Gasteiger partial charge on any atom is -0.484 e. The minimum atomic E-state index is -0.370. The fourth-order valence-corrected chi connectivity index (χ4v) is 4.63. The fraction of sp³-hybridized carbons (Fsp3) is 0.370. The lowest BCUT2D eigenvalue weighted by Gasteiger charge is -2.38. The number of carbonyl (C=O) groups excluding carboxylic acids is 2. The minimum absolute atomic E-state index is 0.0604. The van der Waals surface area contributed by atoms with Crippen LogP contribution in [0.2, 0.25) is 0 Å². The molecule has 2 aliphatic carbocycles. The maximum atomic E-state index is 14.1. The van der Waals surface area contributed by atoms with Crippen LogP contribution in [0.3, 0.4) is 0 Å². The molecule has 6 rings (SSSR count). The molecule has 2 fully saturated rings. The number of hydrogen-bond acceptors (Lipinski definition) is 5. The zero-order valence-electron chi connectivity index (χ0n) is 19.2. The van der Waals surface area contributed by atoms with Gasteiger partial charge in [-0.3, -0.25) is 9.59 Å². The summed E-state index contributed by atoms with van der Waals surface area (Å²) in [7, 11) is 0. The lowest BCUT2D eigenvalue weighted by molar-refractivity contribution is -0.134. The van der Waals surface area contributed by atoms with Crippen LogP contribution in [0, 0.1) is 11.7 Å². The number of amides is 2. The van der Waals surface area contributed by atoms with Crippen molar-refractivity contribution in [3.05, 3.63) is 82.8 Å². The molecule has 0 unspecified atom stereocenters. The number of rotatable bonds is 7. The predicted molar refractivity (Wildman–Crippen MR) is 124 cm³/mol. The van der Waals surface area contributed by atoms with Gasteiger partial charge in [0.05, 0.1) is 6.04 Å². The third kappa shape index (κ3) is 4.65. The first kappa shape index (κ1) is 21.8. The van der Waals surface area contributed by atoms with Crippen molar-refractivity contribution < 1.29 is 23.1 Å². The Hall–Kier alpha value is -3.68. The Kier molecular flexibility index (Phi) is 5.51. The molecule has 3 aromatic rings. The average Bonchev–Trinajstić information content (AvgIpc) is 3.80. The van der Waals surface area contributed by atoms with Crippen LogP contribution >= 0.6 is 0 Å². The lowest BCUT2D eigenvalue weighted by Crippen LogP contribution is -2.41. The van der Waals surface area contributed by atoms with Gasteiger partial charge in [-0.05, 0) is 73.1 Å². The highest BCUT2D eigenvalue weighted by Gasteiger charge is 2.39. The molecule has 3 aliphatic rings. The summed E-state index contributed by atoms with van der Waals surface area (Å²) in [5, 5.41) is 2.88. The van der Waals surface area contributed by atoms with Crippen molar-refractivity contribution in [1.29, 1.82) is 0 Å². The number of nitrogens with zero attached hydrogens (tertiary/aromatic N) is 2. The summed E-state index contributed by atoms with van der Waals surface area (Å²) in [4.78, 5) is 31.4. The normalized spacial score (nSPS) is 19.2. The summed E-state index contributed by atoms with van der Waals surface area (Å²) in [5.74, 6) is 0.529. The van der Waals surface area contributed by atoms with Gasteiger partial charge in [0, 0.05) is 18.5 Å². The second kappa shape index (κ2) is 8.83. The van der Waals surface area contributed by atoms with Crippen LogP contribution in [0.1, 0.15) is 64.8 Å². The SMILES string of the molecule is O=C(NC1CC1)c1coc(COc2ccc3c(c2)[C@@H](c2cccc(F)c2)N(C(=O)C2CC2)CC3)n1. The van der Waals surface area contributed by atoms with Crippen molar-refractivity contribution in [2.45, 2.75) is 50.8 Å². The predicted octanol–water partition coefficient (Wildman–Crippen LogP) is 4.17. The van der Waals surface area contributed by atoms with Gasteiger partial charge < -0.3 is 19.4 Å². The summed E-state index contributed by atoms with van der Waals surface area (Å²) < 4.78 is 25.5. The molecule has 1 N–H and O–H groups in total. The standard InChI is InChI=1S/C27H26FN3O4/c28-19-3-1-2-18(12-19)25-22-13-21(9-6-16(22)10-11-31(25)27(33)17-4-5-17)34-15-24-30-23(14-35-24)26(32)29-20-7-8-20/h1-3,6,9,12-14,17,20,25H,4-5,7-8,10-11,15H2,(H,29,32)/t25-/m1/s1. The smallest absolute Gasteiger partial charge is 0.273 e. The number of oxazole rings is 1. The summed E-state index contributed by atoms with van der Waals surface area (Å²) >= 11 is 0. The molecule has 0 saturated heterocycles. The number of ether oxygens (including phenoxy) is 1. The molecule has 0 bridgehead atoms. The maximum Gasteiger partial charge on any atom is 0.273 e. The first-order chi connectivity index (χ1) is 17.0. The first-order valence-corrected chi connectivity index (χ1v) is 12.1. The lowest BCUT2D eigenvalue weighted by atomic mass is 9.87. The molecule has 2 heterocycles. The Morgan fingerprint density at radius 3 is 2.77 bits per heavy atom. The number of carbonyl (C=O) groups is 2. The van der Waals surface area contributed by atoms with Gasteiger partial charge in [-0.15, -0.1) is 0 Å². The Bertz CT molecular complexity index is 1280. The molecule has 2 saturated carbocycles. The summed E-state index contributed by atoms with van der Waals surface area (Å²) in [6.07, 6.45) is 5.90. The van der Waals surface area contributed by atoms with Gasteiger partial charge in [0.15, 0.2) is 12.3 Å². The molecule has 7 nitrogen and oxygen atoms in total. The maximum absolute atomic E-state index is 14.1. The van der Waals surface area contributed by atoms with E-state index in [4.69, 9.17) is 9.15 Å². The van der Waals surface area contributed by atoms with Crippen molar-refractivity contribution in [2.24, 2.45) is 5.92 Å². The third-order valence-corrected chi connectivity index (χ3v) is 6.78. The van der Waals surface area contributed by atoms with Gasteiger partial charge in [0.2, 0.25) is 11.8 Å². The molecule has 35 heavy (non-hydrogen) atoms. The van der Waals surface area contributed by atoms with Gasteiger partial charge in [-0.2, -0.15) is 0 Å². The van der Waals surface area contributed by atoms with Crippen LogP contribution in [0.4, 0.5) is 4.39 Å². The van der Waals surface area contributed by atoms with Crippen LogP contribution in [0.15, 0.2) is 53.1 Å². The van der Waals surface area contributed by atoms with E-state index in [9.17, 15) is 14.0 Å². The molecule has 0 spiro atoms. The van der Waals surface area contributed by atoms with E-state index in [1.54, 1.807) is 6.07 Å². The molecule has 180 valence electrons. The topological polar surface area (TPSA) is 84.7 Å². The summed E-state index contributed by atoms with van der Waals surface area (Å²) in [6, 6.07) is 12.1. The zero-order valence-corrected chi connectivity index (χ0v) is 19.2. The van der Waals surface area contributed by atoms with E-state index in [-0.39, 0.29) is 47.9 Å². The van der Waals surface area contributed by atoms with Gasteiger partial charge >= 0.3 is 0 Å². The molecule has 8 heteroatoms. The van der Waals surface area contributed by atoms with Crippen LogP contribution in [-0.2, 0) is 17.8 Å². The number of fused-ring (bicyclic) bond motifs is 1. The van der Waals surface area contributed by atoms with Gasteiger partial charge in [-0.25, -0.2) is 9.37 Å². The Morgan fingerprint density at radius 1 is 1.14 bits per heavy atom. The van der Waals surface area contributed by atoms with E-state index in [2.05, 4.69) is 10.3 Å². The molecule has 2 aromatic carbocycles. The molecule has 0 radical (unpaired) electrons. The van der Waals surface area contributed by atoms with E-state index in [0.29, 0.717) is 18.2 Å². The average molecular weight is 476 g/mol. The van der Waals surface area contributed by atoms with Crippen LogP contribution in [0.5, 0.6) is 5.75 Å². The summed E-state index contributed by atoms with van der Waals surface area (Å²) in [6.45, 7) is 0.663. The van der Waals surface area contributed by atoms with Crippen LogP contribution < -0.4 is 10.1 Å². The van der Waals surface area contributed by atoms with Gasteiger partial charge in [-0.1, -0.05) is 18.2 Å². The second-order valence-electron chi connectivity index (χ2n) is 9.54. The quantitative estimate of drug-likeness (QED) is 0.555. The van der Waals surface area contributed by atoms with E-state index in [1.165, 1.54) is 18.4 Å². The monoisotopic (exact) mass is 475 g/mol. The first-order valence-electron chi connectivity index (χ1n) is 12.1. The van der Waals surface area contributed by atoms with E-state index in [0.717, 1.165) is 48.8 Å². The van der Waals surface area contributed by atoms with Gasteiger partial charge in [0.25, 0.3) is 5.91 Å². The number of hydrogen-bond donors (Lipinski definition) is 1. The Labute approximate surface area is 202 Å². The highest BCUT2D eigenvalue weighted by Crippen LogP contribution is 2.41. The largest absolute Gasteiger partial charge is 0.484 e. The second-order valence-corrected chi connectivity index (χ2v) is 9.54. The Balaban J connectivity index is 1.24. The van der Waals surface area contributed by atoms with Crippen molar-refractivity contribution in [1.82, 2.24) is 15.2 Å². The highest BCUT2D eigenvalue weighted by atomic mass is 19.1. The summed E-state index contributed by atoms with van der Waals surface area (Å²) in [5.41, 5.74) is 3.03. The number of nitrogens with one attached hydrogen (secondary N) is 1.